The van der Waals surface area contributed by atoms with Crippen LogP contribution in [0.2, 0.25) is 0 Å². The molecule has 23 heavy (non-hydrogen) atoms. The number of aromatic nitrogens is 3. The Morgan fingerprint density at radius 2 is 2.17 bits per heavy atom. The summed E-state index contributed by atoms with van der Waals surface area (Å²) in [5.74, 6) is 1.19. The highest BCUT2D eigenvalue weighted by molar-refractivity contribution is 14.1. The molecule has 1 N–H and O–H groups in total. The minimum absolute atomic E-state index is 0.229. The van der Waals surface area contributed by atoms with Crippen molar-refractivity contribution in [2.45, 2.75) is 13.0 Å². The van der Waals surface area contributed by atoms with Crippen LogP contribution in [0.25, 0.3) is 10.9 Å². The van der Waals surface area contributed by atoms with E-state index in [1.165, 1.54) is 12.4 Å². The number of fused-ring (bicyclic) bond motifs is 2. The highest BCUT2D eigenvalue weighted by atomic mass is 127. The van der Waals surface area contributed by atoms with Crippen LogP contribution in [0.4, 0.5) is 10.2 Å². The van der Waals surface area contributed by atoms with Crippen LogP contribution < -0.4 is 10.1 Å². The van der Waals surface area contributed by atoms with Crippen molar-refractivity contribution in [3.8, 4) is 5.75 Å². The van der Waals surface area contributed by atoms with E-state index in [0.717, 1.165) is 32.2 Å². The first kappa shape index (κ1) is 14.6. The molecule has 2 aromatic heterocycles. The van der Waals surface area contributed by atoms with E-state index in [0.29, 0.717) is 24.5 Å². The van der Waals surface area contributed by atoms with Crippen LogP contribution in [0.1, 0.15) is 11.1 Å². The predicted octanol–water partition coefficient (Wildman–Crippen LogP) is 3.32. The summed E-state index contributed by atoms with van der Waals surface area (Å²) in [5.41, 5.74) is 2.40. The molecule has 1 aliphatic heterocycles. The third-order valence-electron chi connectivity index (χ3n) is 3.87. The van der Waals surface area contributed by atoms with Crippen LogP contribution >= 0.6 is 22.6 Å². The van der Waals surface area contributed by atoms with Gasteiger partial charge < -0.3 is 10.1 Å². The molecule has 7 heteroatoms. The first-order chi connectivity index (χ1) is 11.2. The highest BCUT2D eigenvalue weighted by Crippen LogP contribution is 2.31. The van der Waals surface area contributed by atoms with Crippen LogP contribution in [0.3, 0.4) is 0 Å². The lowest BCUT2D eigenvalue weighted by atomic mass is 10.0. The van der Waals surface area contributed by atoms with Crippen molar-refractivity contribution in [3.63, 3.8) is 0 Å². The van der Waals surface area contributed by atoms with Crippen molar-refractivity contribution in [3.05, 3.63) is 51.4 Å². The van der Waals surface area contributed by atoms with Gasteiger partial charge in [-0.2, -0.15) is 0 Å². The summed E-state index contributed by atoms with van der Waals surface area (Å²) >= 11 is 2.19. The maximum absolute atomic E-state index is 14.2. The van der Waals surface area contributed by atoms with Crippen molar-refractivity contribution in [2.24, 2.45) is 0 Å². The fourth-order valence-electron chi connectivity index (χ4n) is 2.76. The lowest BCUT2D eigenvalue weighted by Gasteiger charge is -2.12. The summed E-state index contributed by atoms with van der Waals surface area (Å²) in [6.45, 7) is 0.945. The van der Waals surface area contributed by atoms with E-state index >= 15 is 0 Å². The van der Waals surface area contributed by atoms with E-state index < -0.39 is 0 Å². The minimum Gasteiger partial charge on any atom is -0.493 e. The second-order valence-corrected chi connectivity index (χ2v) is 6.36. The van der Waals surface area contributed by atoms with Crippen molar-refractivity contribution < 1.29 is 9.13 Å². The molecular weight excluding hydrogens is 410 g/mol. The largest absolute Gasteiger partial charge is 0.493 e. The van der Waals surface area contributed by atoms with Gasteiger partial charge in [-0.3, -0.25) is 0 Å². The Morgan fingerprint density at radius 3 is 3.09 bits per heavy atom. The lowest BCUT2D eigenvalue weighted by molar-refractivity contribution is 0.356. The fourth-order valence-corrected chi connectivity index (χ4v) is 3.33. The van der Waals surface area contributed by atoms with Gasteiger partial charge in [-0.25, -0.2) is 19.3 Å². The predicted molar refractivity (Wildman–Crippen MR) is 93.0 cm³/mol. The summed E-state index contributed by atoms with van der Waals surface area (Å²) in [7, 11) is 0. The van der Waals surface area contributed by atoms with Gasteiger partial charge in [0.15, 0.2) is 0 Å². The number of pyridine rings is 1. The molecule has 0 amide bonds. The fraction of sp³-hybridized carbons (Fsp3) is 0.188. The quantitative estimate of drug-likeness (QED) is 0.657. The van der Waals surface area contributed by atoms with Gasteiger partial charge in [-0.1, -0.05) is 0 Å². The summed E-state index contributed by atoms with van der Waals surface area (Å²) in [6, 6.07) is 3.14. The Kier molecular flexibility index (Phi) is 3.72. The van der Waals surface area contributed by atoms with E-state index in [1.54, 1.807) is 18.5 Å². The maximum atomic E-state index is 14.2. The number of rotatable bonds is 3. The average molecular weight is 422 g/mol. The summed E-state index contributed by atoms with van der Waals surface area (Å²) in [4.78, 5) is 12.7. The zero-order valence-electron chi connectivity index (χ0n) is 12.0. The van der Waals surface area contributed by atoms with Gasteiger partial charge in [0.2, 0.25) is 0 Å². The van der Waals surface area contributed by atoms with Crippen LogP contribution in [0, 0.1) is 9.39 Å². The molecule has 116 valence electrons. The van der Waals surface area contributed by atoms with Crippen LogP contribution in [-0.4, -0.2) is 21.6 Å². The molecule has 0 saturated carbocycles. The molecule has 0 bridgehead atoms. The molecule has 3 aromatic rings. The smallest absolute Gasteiger partial charge is 0.137 e. The maximum Gasteiger partial charge on any atom is 0.137 e. The normalized spacial score (nSPS) is 13.0. The number of halogens is 2. The van der Waals surface area contributed by atoms with E-state index in [2.05, 4.69) is 42.9 Å². The molecule has 1 aliphatic rings. The molecule has 0 radical (unpaired) electrons. The number of nitrogens with zero attached hydrogens (tertiary/aromatic N) is 3. The molecule has 0 aliphatic carbocycles. The van der Waals surface area contributed by atoms with Gasteiger partial charge in [0.05, 0.1) is 21.1 Å². The van der Waals surface area contributed by atoms with Gasteiger partial charge >= 0.3 is 0 Å². The van der Waals surface area contributed by atoms with E-state index in [9.17, 15) is 4.39 Å². The molecule has 4 rings (SSSR count). The molecule has 0 fully saturated rings. The Bertz CT molecular complexity index is 903. The number of benzene rings is 1. The molecule has 3 heterocycles. The Labute approximate surface area is 145 Å². The number of hydrogen-bond acceptors (Lipinski definition) is 5. The van der Waals surface area contributed by atoms with E-state index in [1.807, 2.05) is 0 Å². The lowest BCUT2D eigenvalue weighted by Crippen LogP contribution is -2.07. The SMILES string of the molecule is Fc1ccc2c(c1CNc1ncc(I)c3ncncc13)CCO2. The number of ether oxygens (including phenoxy) is 1. The zero-order chi connectivity index (χ0) is 15.8. The first-order valence-electron chi connectivity index (χ1n) is 7.15. The van der Waals surface area contributed by atoms with Gasteiger partial charge in [0.1, 0.15) is 23.7 Å². The average Bonchev–Trinajstić information content (AvgIpc) is 3.05. The van der Waals surface area contributed by atoms with Gasteiger partial charge in [-0.05, 0) is 34.7 Å². The van der Waals surface area contributed by atoms with E-state index in [-0.39, 0.29) is 5.82 Å². The van der Waals surface area contributed by atoms with Crippen molar-refractivity contribution >= 4 is 39.3 Å². The second-order valence-electron chi connectivity index (χ2n) is 5.19. The summed E-state index contributed by atoms with van der Waals surface area (Å²) < 4.78 is 20.6. The topological polar surface area (TPSA) is 59.9 Å². The molecule has 0 saturated heterocycles. The van der Waals surface area contributed by atoms with Crippen LogP contribution in [0.5, 0.6) is 5.75 Å². The third kappa shape index (κ3) is 2.58. The molecule has 0 atom stereocenters. The monoisotopic (exact) mass is 422 g/mol. The van der Waals surface area contributed by atoms with Crippen molar-refractivity contribution in [2.75, 3.05) is 11.9 Å². The number of anilines is 1. The molecular formula is C16H12FIN4O. The van der Waals surface area contributed by atoms with Crippen LogP contribution in [0.15, 0.2) is 30.9 Å². The highest BCUT2D eigenvalue weighted by Gasteiger charge is 2.19. The summed E-state index contributed by atoms with van der Waals surface area (Å²) in [6.07, 6.45) is 5.70. The van der Waals surface area contributed by atoms with Gasteiger partial charge in [0.25, 0.3) is 0 Å². The van der Waals surface area contributed by atoms with Crippen LogP contribution in [-0.2, 0) is 13.0 Å². The standard InChI is InChI=1S/C16H12FIN4O/c17-12-1-2-14-9(3-4-23-14)10(12)6-20-16-11-5-19-8-22-15(11)13(18)7-21-16/h1-2,5,7-8H,3-4,6H2,(H,20,21). The third-order valence-corrected chi connectivity index (χ3v) is 4.66. The van der Waals surface area contributed by atoms with Crippen molar-refractivity contribution in [1.29, 1.82) is 0 Å². The Balaban J connectivity index is 1.69. The molecule has 0 spiro atoms. The first-order valence-corrected chi connectivity index (χ1v) is 8.23. The van der Waals surface area contributed by atoms with Gasteiger partial charge in [0, 0.05) is 36.5 Å². The van der Waals surface area contributed by atoms with E-state index in [4.69, 9.17) is 4.74 Å². The molecule has 0 unspecified atom stereocenters. The Morgan fingerprint density at radius 1 is 1.26 bits per heavy atom. The second kappa shape index (κ2) is 5.88. The molecule has 5 nitrogen and oxygen atoms in total. The molecule has 1 aromatic carbocycles. The van der Waals surface area contributed by atoms with Crippen molar-refractivity contribution in [1.82, 2.24) is 15.0 Å². The van der Waals surface area contributed by atoms with Gasteiger partial charge in [-0.15, -0.1) is 0 Å². The number of nitrogens with one attached hydrogen (secondary N) is 1. The summed E-state index contributed by atoms with van der Waals surface area (Å²) in [5, 5.41) is 4.03. The Hall–Kier alpha value is -2.03. The zero-order valence-corrected chi connectivity index (χ0v) is 14.2. The minimum atomic E-state index is -0.229. The number of hydrogen-bond donors (Lipinski definition) is 1.